The van der Waals surface area contributed by atoms with Crippen molar-refractivity contribution in [3.8, 4) is 11.5 Å². The number of pyridine rings is 1. The number of ketones is 1. The fourth-order valence-electron chi connectivity index (χ4n) is 5.00. The molecule has 2 aromatic carbocycles. The van der Waals surface area contributed by atoms with Crippen LogP contribution in [0.25, 0.3) is 11.0 Å². The summed E-state index contributed by atoms with van der Waals surface area (Å²) < 4.78 is 25.7. The Morgan fingerprint density at radius 1 is 1.18 bits per heavy atom. The van der Waals surface area contributed by atoms with E-state index in [1.54, 1.807) is 42.7 Å². The average Bonchev–Trinajstić information content (AvgIpc) is 3.70. The van der Waals surface area contributed by atoms with Crippen LogP contribution in [0.5, 0.6) is 11.5 Å². The predicted molar refractivity (Wildman–Crippen MR) is 143 cm³/mol. The standard InChI is InChI=1S/C29H27ClFN3O4/c30-23-13-33-29-26(27(23)34-17-7-8-19(14-35)37-15-17)22(12-32-29)28(36)20-10-9-18(11-21(20)16-5-6-16)38-25-4-2-1-3-24(25)31/h1-4,9-13,16-17,19,35H,5-8,14-15H2,(H2,32,33,34)/t17-,19+/m1/s1. The van der Waals surface area contributed by atoms with Crippen LogP contribution in [0, 0.1) is 5.82 Å². The first-order valence-corrected chi connectivity index (χ1v) is 13.1. The van der Waals surface area contributed by atoms with Gasteiger partial charge in [0.2, 0.25) is 0 Å². The van der Waals surface area contributed by atoms with E-state index < -0.39 is 5.82 Å². The van der Waals surface area contributed by atoms with Crippen LogP contribution in [0.3, 0.4) is 0 Å². The maximum Gasteiger partial charge on any atom is 0.195 e. The molecule has 0 bridgehead atoms. The minimum atomic E-state index is -0.445. The molecule has 9 heteroatoms. The maximum absolute atomic E-state index is 14.1. The third-order valence-corrected chi connectivity index (χ3v) is 7.46. The number of carbonyl (C=O) groups excluding carboxylic acids is 1. The van der Waals surface area contributed by atoms with Crippen molar-refractivity contribution in [1.82, 2.24) is 9.97 Å². The zero-order valence-electron chi connectivity index (χ0n) is 20.5. The molecule has 38 heavy (non-hydrogen) atoms. The van der Waals surface area contributed by atoms with E-state index in [2.05, 4.69) is 15.3 Å². The third-order valence-electron chi connectivity index (χ3n) is 7.17. The molecule has 2 fully saturated rings. The lowest BCUT2D eigenvalue weighted by molar-refractivity contribution is -0.0223. The first-order chi connectivity index (χ1) is 18.5. The number of carbonyl (C=O) groups is 1. The number of H-pyrrole nitrogens is 1. The molecule has 1 saturated carbocycles. The van der Waals surface area contributed by atoms with Gasteiger partial charge < -0.3 is 24.9 Å². The summed E-state index contributed by atoms with van der Waals surface area (Å²) in [6.07, 6.45) is 6.56. The zero-order valence-corrected chi connectivity index (χ0v) is 21.3. The Labute approximate surface area is 223 Å². The molecular weight excluding hydrogens is 509 g/mol. The lowest BCUT2D eigenvalue weighted by atomic mass is 9.95. The first-order valence-electron chi connectivity index (χ1n) is 12.8. The number of rotatable bonds is 8. The van der Waals surface area contributed by atoms with E-state index in [0.717, 1.165) is 31.2 Å². The van der Waals surface area contributed by atoms with E-state index in [-0.39, 0.29) is 36.2 Å². The van der Waals surface area contributed by atoms with Gasteiger partial charge >= 0.3 is 0 Å². The molecule has 196 valence electrons. The van der Waals surface area contributed by atoms with Crippen molar-refractivity contribution in [2.24, 2.45) is 0 Å². The number of ether oxygens (including phenoxy) is 2. The van der Waals surface area contributed by atoms with E-state index in [1.807, 2.05) is 6.07 Å². The number of para-hydroxylation sites is 1. The van der Waals surface area contributed by atoms with E-state index in [0.29, 0.717) is 45.2 Å². The van der Waals surface area contributed by atoms with E-state index in [4.69, 9.17) is 21.1 Å². The van der Waals surface area contributed by atoms with Crippen molar-refractivity contribution >= 4 is 34.1 Å². The molecule has 4 aromatic rings. The fraction of sp³-hybridized carbons (Fsp3) is 0.310. The Morgan fingerprint density at radius 3 is 2.76 bits per heavy atom. The largest absolute Gasteiger partial charge is 0.454 e. The summed E-state index contributed by atoms with van der Waals surface area (Å²) in [6, 6.07) is 11.5. The van der Waals surface area contributed by atoms with Crippen LogP contribution in [0.15, 0.2) is 54.9 Å². The Kier molecular flexibility index (Phi) is 6.78. The number of halogens is 2. The van der Waals surface area contributed by atoms with Crippen molar-refractivity contribution in [1.29, 1.82) is 0 Å². The minimum Gasteiger partial charge on any atom is -0.454 e. The Bertz CT molecular complexity index is 1490. The van der Waals surface area contributed by atoms with Crippen LogP contribution in [-0.2, 0) is 4.74 Å². The number of aromatic amines is 1. The van der Waals surface area contributed by atoms with Crippen molar-refractivity contribution in [2.45, 2.75) is 43.7 Å². The van der Waals surface area contributed by atoms with Gasteiger partial charge in [0, 0.05) is 17.8 Å². The molecule has 2 aliphatic rings. The highest BCUT2D eigenvalue weighted by Crippen LogP contribution is 2.44. The van der Waals surface area contributed by atoms with Gasteiger partial charge in [0.15, 0.2) is 17.3 Å². The first kappa shape index (κ1) is 24.9. The molecule has 0 amide bonds. The van der Waals surface area contributed by atoms with Crippen molar-refractivity contribution in [2.75, 3.05) is 18.5 Å². The maximum atomic E-state index is 14.1. The fourth-order valence-corrected chi connectivity index (χ4v) is 5.20. The lowest BCUT2D eigenvalue weighted by Crippen LogP contribution is -2.36. The summed E-state index contributed by atoms with van der Waals surface area (Å²) in [4.78, 5) is 21.5. The van der Waals surface area contributed by atoms with Gasteiger partial charge in [0.05, 0.1) is 47.2 Å². The summed E-state index contributed by atoms with van der Waals surface area (Å²) in [5.41, 5.74) is 3.11. The molecule has 0 radical (unpaired) electrons. The topological polar surface area (TPSA) is 96.5 Å². The van der Waals surface area contributed by atoms with Gasteiger partial charge in [-0.05, 0) is 67.5 Å². The second-order valence-corrected chi connectivity index (χ2v) is 10.3. The molecule has 3 N–H and O–H groups in total. The quantitative estimate of drug-likeness (QED) is 0.232. The van der Waals surface area contributed by atoms with Gasteiger partial charge in [0.1, 0.15) is 11.4 Å². The summed E-state index contributed by atoms with van der Waals surface area (Å²) >= 11 is 6.58. The molecule has 1 aliphatic carbocycles. The van der Waals surface area contributed by atoms with Crippen LogP contribution in [0.1, 0.15) is 53.1 Å². The van der Waals surface area contributed by atoms with Gasteiger partial charge in [-0.3, -0.25) is 4.79 Å². The third kappa shape index (κ3) is 4.87. The van der Waals surface area contributed by atoms with Crippen LogP contribution in [0.2, 0.25) is 5.02 Å². The Balaban J connectivity index is 1.33. The number of nitrogens with one attached hydrogen (secondary N) is 2. The highest BCUT2D eigenvalue weighted by molar-refractivity contribution is 6.35. The molecule has 0 unspecified atom stereocenters. The van der Waals surface area contributed by atoms with Crippen LogP contribution >= 0.6 is 11.6 Å². The van der Waals surface area contributed by atoms with Crippen molar-refractivity contribution in [3.63, 3.8) is 0 Å². The highest BCUT2D eigenvalue weighted by Gasteiger charge is 2.31. The lowest BCUT2D eigenvalue weighted by Gasteiger charge is -2.29. The van der Waals surface area contributed by atoms with E-state index in [1.165, 1.54) is 6.07 Å². The summed E-state index contributed by atoms with van der Waals surface area (Å²) in [5, 5.41) is 13.8. The van der Waals surface area contributed by atoms with Crippen molar-refractivity contribution < 1.29 is 23.8 Å². The van der Waals surface area contributed by atoms with Gasteiger partial charge in [-0.15, -0.1) is 0 Å². The van der Waals surface area contributed by atoms with Gasteiger partial charge in [-0.2, -0.15) is 0 Å². The number of aromatic nitrogens is 2. The highest BCUT2D eigenvalue weighted by atomic mass is 35.5. The molecule has 2 atom stereocenters. The summed E-state index contributed by atoms with van der Waals surface area (Å²) in [7, 11) is 0. The molecule has 0 spiro atoms. The van der Waals surface area contributed by atoms with Crippen molar-refractivity contribution in [3.05, 3.63) is 82.4 Å². The number of anilines is 1. The molecule has 1 saturated heterocycles. The summed E-state index contributed by atoms with van der Waals surface area (Å²) in [5.74, 6) is 0.278. The molecule has 2 aromatic heterocycles. The second kappa shape index (κ2) is 10.4. The molecule has 6 rings (SSSR count). The van der Waals surface area contributed by atoms with Crippen LogP contribution in [-0.4, -0.2) is 46.2 Å². The van der Waals surface area contributed by atoms with E-state index in [9.17, 15) is 14.3 Å². The number of fused-ring (bicyclic) bond motifs is 1. The number of aliphatic hydroxyl groups excluding tert-OH is 1. The zero-order chi connectivity index (χ0) is 26.2. The minimum absolute atomic E-state index is 0.00309. The summed E-state index contributed by atoms with van der Waals surface area (Å²) in [6.45, 7) is 0.422. The SMILES string of the molecule is O=C(c1ccc(Oc2ccccc2F)cc1C1CC1)c1c[nH]c2ncc(Cl)c(N[C@@H]3CC[C@@H](CO)OC3)c12. The predicted octanol–water partition coefficient (Wildman–Crippen LogP) is 6.21. The second-order valence-electron chi connectivity index (χ2n) is 9.85. The monoisotopic (exact) mass is 535 g/mol. The van der Waals surface area contributed by atoms with E-state index >= 15 is 0 Å². The van der Waals surface area contributed by atoms with Crippen LogP contribution < -0.4 is 10.1 Å². The number of nitrogens with zero attached hydrogens (tertiary/aromatic N) is 1. The number of aliphatic hydroxyl groups is 1. The molecule has 7 nitrogen and oxygen atoms in total. The number of hydrogen-bond donors (Lipinski definition) is 3. The van der Waals surface area contributed by atoms with Gasteiger partial charge in [-0.1, -0.05) is 23.7 Å². The van der Waals surface area contributed by atoms with Gasteiger partial charge in [-0.25, -0.2) is 9.37 Å². The molecule has 1 aliphatic heterocycles. The normalized spacial score (nSPS) is 19.4. The smallest absolute Gasteiger partial charge is 0.195 e. The van der Waals surface area contributed by atoms with Gasteiger partial charge in [0.25, 0.3) is 0 Å². The Hall–Kier alpha value is -3.46. The number of benzene rings is 2. The molecular formula is C29H27ClFN3O4. The number of hydrogen-bond acceptors (Lipinski definition) is 6. The van der Waals surface area contributed by atoms with Crippen LogP contribution in [0.4, 0.5) is 10.1 Å². The average molecular weight is 536 g/mol. The molecule has 3 heterocycles. The Morgan fingerprint density at radius 2 is 2.03 bits per heavy atom.